The monoisotopic (exact) mass is 452 g/mol. The van der Waals surface area contributed by atoms with Gasteiger partial charge in [-0.25, -0.2) is 8.78 Å². The first-order chi connectivity index (χ1) is 15.8. The summed E-state index contributed by atoms with van der Waals surface area (Å²) < 4.78 is 35.5. The third kappa shape index (κ3) is 3.46. The van der Waals surface area contributed by atoms with E-state index in [4.69, 9.17) is 4.74 Å². The second-order valence-corrected chi connectivity index (χ2v) is 7.59. The molecule has 0 saturated heterocycles. The molecule has 2 aromatic rings. The summed E-state index contributed by atoms with van der Waals surface area (Å²) in [4.78, 5) is 23.3. The fourth-order valence-corrected chi connectivity index (χ4v) is 4.26. The van der Waals surface area contributed by atoms with Crippen LogP contribution < -0.4 is 0 Å². The van der Waals surface area contributed by atoms with Gasteiger partial charge in [0.25, 0.3) is 11.1 Å². The molecule has 0 amide bonds. The lowest BCUT2D eigenvalue weighted by molar-refractivity contribution is -0.591. The van der Waals surface area contributed by atoms with Crippen molar-refractivity contribution in [3.05, 3.63) is 140 Å². The molecule has 0 aliphatic heterocycles. The summed E-state index contributed by atoms with van der Waals surface area (Å²) in [6, 6.07) is 10.4. The molecule has 2 aromatic carbocycles. The Morgan fingerprint density at radius 3 is 1.45 bits per heavy atom. The van der Waals surface area contributed by atoms with Crippen molar-refractivity contribution in [3.63, 3.8) is 0 Å². The Morgan fingerprint density at radius 1 is 0.697 bits per heavy atom. The number of ether oxygens (including phenoxy) is 1. The molecule has 4 atom stereocenters. The van der Waals surface area contributed by atoms with Crippen molar-refractivity contribution in [3.8, 4) is 0 Å². The summed E-state index contributed by atoms with van der Waals surface area (Å²) in [6.45, 7) is 0. The quantitative estimate of drug-likeness (QED) is 0.471. The van der Waals surface area contributed by atoms with Gasteiger partial charge in [0.1, 0.15) is 11.6 Å². The minimum absolute atomic E-state index is 0.256. The van der Waals surface area contributed by atoms with E-state index >= 15 is 0 Å². The Balaban J connectivity index is 1.85. The van der Waals surface area contributed by atoms with Gasteiger partial charge in [0.2, 0.25) is 0 Å². The Kier molecular flexibility index (Phi) is 5.73. The normalized spacial score (nSPS) is 28.1. The van der Waals surface area contributed by atoms with Crippen molar-refractivity contribution in [1.82, 2.24) is 0 Å². The molecule has 0 spiro atoms. The number of halogens is 2. The summed E-state index contributed by atoms with van der Waals surface area (Å²) in [7, 11) is 0. The van der Waals surface area contributed by atoms with Crippen molar-refractivity contribution in [1.29, 1.82) is 0 Å². The molecule has 0 fully saturated rings. The van der Waals surface area contributed by atoms with Crippen LogP contribution in [-0.2, 0) is 15.8 Å². The number of nitrogens with zero attached hydrogens (tertiary/aromatic N) is 2. The van der Waals surface area contributed by atoms with Gasteiger partial charge in [0, 0.05) is 9.85 Å². The molecule has 0 saturated carbocycles. The van der Waals surface area contributed by atoms with Crippen LogP contribution in [0.3, 0.4) is 0 Å². The third-order valence-corrected chi connectivity index (χ3v) is 5.87. The van der Waals surface area contributed by atoms with Crippen LogP contribution in [0.15, 0.2) is 97.1 Å². The zero-order valence-electron chi connectivity index (χ0n) is 17.1. The molecule has 4 unspecified atom stereocenters. The van der Waals surface area contributed by atoms with E-state index in [1.807, 2.05) is 0 Å². The Bertz CT molecular complexity index is 1130. The third-order valence-electron chi connectivity index (χ3n) is 5.87. The average molecular weight is 452 g/mol. The smallest absolute Gasteiger partial charge is 0.297 e. The van der Waals surface area contributed by atoms with Crippen LogP contribution >= 0.6 is 0 Å². The highest BCUT2D eigenvalue weighted by atomic mass is 19.1. The van der Waals surface area contributed by atoms with Crippen molar-refractivity contribution in [2.24, 2.45) is 0 Å². The van der Waals surface area contributed by atoms with E-state index in [0.29, 0.717) is 0 Å². The zero-order valence-corrected chi connectivity index (χ0v) is 17.1. The van der Waals surface area contributed by atoms with Crippen LogP contribution in [0, 0.1) is 31.9 Å². The minimum atomic E-state index is -2.19. The minimum Gasteiger partial charge on any atom is -0.350 e. The number of benzene rings is 2. The number of allylic oxidation sites excluding steroid dienone is 4. The molecule has 0 bridgehead atoms. The highest BCUT2D eigenvalue weighted by molar-refractivity contribution is 5.39. The maximum Gasteiger partial charge on any atom is 0.297 e. The SMILES string of the molecule is O=[N+]([O-])C1(c2ccccc2F)C=CC=CC1OC1C=CC=CC1(c1ccccc1F)[N+](=O)[O-]. The topological polar surface area (TPSA) is 95.5 Å². The molecule has 0 N–H and O–H groups in total. The van der Waals surface area contributed by atoms with E-state index in [2.05, 4.69) is 0 Å². The summed E-state index contributed by atoms with van der Waals surface area (Å²) in [5.41, 5.74) is -4.89. The predicted octanol–water partition coefficient (Wildman–Crippen LogP) is 4.61. The van der Waals surface area contributed by atoms with Gasteiger partial charge in [0.15, 0.2) is 12.2 Å². The molecule has 0 heterocycles. The number of rotatable bonds is 6. The molecule has 7 nitrogen and oxygen atoms in total. The second kappa shape index (κ2) is 8.51. The van der Waals surface area contributed by atoms with Gasteiger partial charge < -0.3 is 4.74 Å². The van der Waals surface area contributed by atoms with E-state index in [-0.39, 0.29) is 11.1 Å². The maximum absolute atomic E-state index is 14.7. The molecule has 0 aromatic heterocycles. The van der Waals surface area contributed by atoms with Crippen molar-refractivity contribution in [2.45, 2.75) is 23.3 Å². The molecular weight excluding hydrogens is 434 g/mol. The first kappa shape index (κ1) is 22.2. The van der Waals surface area contributed by atoms with E-state index in [1.54, 1.807) is 0 Å². The average Bonchev–Trinajstić information content (AvgIpc) is 2.80. The lowest BCUT2D eigenvalue weighted by Crippen LogP contribution is -2.53. The molecule has 33 heavy (non-hydrogen) atoms. The van der Waals surface area contributed by atoms with E-state index < -0.39 is 44.8 Å². The highest BCUT2D eigenvalue weighted by Gasteiger charge is 2.58. The fraction of sp³-hybridized carbons (Fsp3) is 0.167. The predicted molar refractivity (Wildman–Crippen MR) is 115 cm³/mol. The highest BCUT2D eigenvalue weighted by Crippen LogP contribution is 2.42. The van der Waals surface area contributed by atoms with E-state index in [0.717, 1.165) is 12.1 Å². The van der Waals surface area contributed by atoms with Crippen LogP contribution in [0.2, 0.25) is 0 Å². The molecule has 0 radical (unpaired) electrons. The van der Waals surface area contributed by atoms with Gasteiger partial charge in [-0.3, -0.25) is 20.2 Å². The first-order valence-corrected chi connectivity index (χ1v) is 10.0. The maximum atomic E-state index is 14.7. The first-order valence-electron chi connectivity index (χ1n) is 10.0. The summed E-state index contributed by atoms with van der Waals surface area (Å²) in [5, 5.41) is 24.7. The fourth-order valence-electron chi connectivity index (χ4n) is 4.26. The van der Waals surface area contributed by atoms with Gasteiger partial charge in [-0.15, -0.1) is 0 Å². The summed E-state index contributed by atoms with van der Waals surface area (Å²) >= 11 is 0. The zero-order chi connectivity index (χ0) is 23.6. The largest absolute Gasteiger partial charge is 0.350 e. The van der Waals surface area contributed by atoms with Gasteiger partial charge in [-0.2, -0.15) is 0 Å². The van der Waals surface area contributed by atoms with Gasteiger partial charge in [-0.05, 0) is 48.6 Å². The molecule has 2 aliphatic rings. The molecule has 9 heteroatoms. The van der Waals surface area contributed by atoms with Crippen LogP contribution in [0.25, 0.3) is 0 Å². The van der Waals surface area contributed by atoms with Crippen molar-refractivity contribution >= 4 is 0 Å². The summed E-state index contributed by atoms with van der Waals surface area (Å²) in [5.74, 6) is -1.65. The van der Waals surface area contributed by atoms with Crippen molar-refractivity contribution < 1.29 is 23.4 Å². The van der Waals surface area contributed by atoms with Gasteiger partial charge in [-0.1, -0.05) is 48.6 Å². The number of nitro groups is 2. The summed E-state index contributed by atoms with van der Waals surface area (Å²) in [6.07, 6.45) is 7.95. The van der Waals surface area contributed by atoms with Gasteiger partial charge >= 0.3 is 0 Å². The van der Waals surface area contributed by atoms with Crippen LogP contribution in [0.1, 0.15) is 11.1 Å². The number of hydrogen-bond acceptors (Lipinski definition) is 5. The van der Waals surface area contributed by atoms with Gasteiger partial charge in [0.05, 0.1) is 11.1 Å². The van der Waals surface area contributed by atoms with Crippen molar-refractivity contribution in [2.75, 3.05) is 0 Å². The van der Waals surface area contributed by atoms with E-state index in [1.165, 1.54) is 85.0 Å². The molecule has 168 valence electrons. The van der Waals surface area contributed by atoms with E-state index in [9.17, 15) is 29.0 Å². The lowest BCUT2D eigenvalue weighted by Gasteiger charge is -2.37. The Morgan fingerprint density at radius 2 is 1.09 bits per heavy atom. The number of hydrogen-bond donors (Lipinski definition) is 0. The molecule has 2 aliphatic carbocycles. The van der Waals surface area contributed by atoms with Crippen LogP contribution in [-0.4, -0.2) is 22.1 Å². The lowest BCUT2D eigenvalue weighted by atomic mass is 9.79. The molecular formula is C24H18F2N2O5. The Hall–Kier alpha value is -3.98. The van der Waals surface area contributed by atoms with Crippen LogP contribution in [0.5, 0.6) is 0 Å². The van der Waals surface area contributed by atoms with Crippen LogP contribution in [0.4, 0.5) is 8.78 Å². The Labute approximate surface area is 187 Å². The standard InChI is InChI=1S/C24H18F2N2O5/c25-19-11-3-1-9-17(19)23(27(29)30)15-7-5-13-21(23)33-22-14-6-8-16-24(22,28(31)32)18-10-2-4-12-20(18)26/h1-16,21-22H. The molecule has 4 rings (SSSR count). The second-order valence-electron chi connectivity index (χ2n) is 7.59.